The molecule has 1 amide bonds. The summed E-state index contributed by atoms with van der Waals surface area (Å²) in [6, 6.07) is 8.17. The average Bonchev–Trinajstić information content (AvgIpc) is 2.70. The van der Waals surface area contributed by atoms with Gasteiger partial charge in [0.05, 0.1) is 11.7 Å². The molecule has 0 bridgehead atoms. The molecule has 1 radical (unpaired) electrons. The van der Waals surface area contributed by atoms with Gasteiger partial charge in [0.1, 0.15) is 6.04 Å². The zero-order chi connectivity index (χ0) is 21.3. The van der Waals surface area contributed by atoms with Gasteiger partial charge in [-0.1, -0.05) is 30.3 Å². The van der Waals surface area contributed by atoms with Crippen LogP contribution in [-0.2, 0) is 16.0 Å². The van der Waals surface area contributed by atoms with Crippen LogP contribution in [0.25, 0.3) is 0 Å². The summed E-state index contributed by atoms with van der Waals surface area (Å²) < 4.78 is 0. The predicted octanol–water partition coefficient (Wildman–Crippen LogP) is 0.616. The molecule has 0 spiro atoms. The Labute approximate surface area is 172 Å². The number of nitrogens with one attached hydrogen (secondary N) is 3. The fourth-order valence-corrected chi connectivity index (χ4v) is 3.88. The first kappa shape index (κ1) is 22.8. The first-order chi connectivity index (χ1) is 13.9. The van der Waals surface area contributed by atoms with Crippen LogP contribution in [0.3, 0.4) is 0 Å². The van der Waals surface area contributed by atoms with Crippen molar-refractivity contribution in [1.29, 1.82) is 5.41 Å². The Morgan fingerprint density at radius 1 is 1.38 bits per heavy atom. The average molecular weight is 402 g/mol. The third-order valence-electron chi connectivity index (χ3n) is 5.40. The van der Waals surface area contributed by atoms with Crippen LogP contribution in [0.2, 0.25) is 0 Å². The number of rotatable bonds is 10. The van der Waals surface area contributed by atoms with E-state index in [4.69, 9.17) is 16.9 Å². The molecule has 1 aliphatic heterocycles. The Hall–Kier alpha value is -2.45. The highest BCUT2D eigenvalue weighted by Crippen LogP contribution is 2.27. The Morgan fingerprint density at radius 3 is 2.69 bits per heavy atom. The standard InChI is InChI=1S/C21H33N6O2/c1-21(11-5-6-13-26-21)27(17(15-28)10-7-12-25-20(23)24)19(29)18(22)14-16-8-3-2-4-9-16/h2-4,8-9,17-18,26H,5-7,10-14,22H2,1H3,(H4,23,24,25)/t17-,18-,21?/m0/s1. The van der Waals surface area contributed by atoms with E-state index in [1.807, 2.05) is 37.3 Å². The largest absolute Gasteiger partial charge is 0.370 e. The zero-order valence-electron chi connectivity index (χ0n) is 17.1. The summed E-state index contributed by atoms with van der Waals surface area (Å²) in [5.41, 5.74) is 11.9. The summed E-state index contributed by atoms with van der Waals surface area (Å²) in [4.78, 5) is 26.9. The van der Waals surface area contributed by atoms with E-state index in [-0.39, 0.29) is 11.9 Å². The first-order valence-corrected chi connectivity index (χ1v) is 10.2. The van der Waals surface area contributed by atoms with Crippen LogP contribution in [0.4, 0.5) is 0 Å². The molecule has 1 fully saturated rings. The van der Waals surface area contributed by atoms with Gasteiger partial charge in [-0.05, 0) is 57.6 Å². The molecule has 1 aromatic carbocycles. The molecular weight excluding hydrogens is 368 g/mol. The minimum atomic E-state index is -0.746. The van der Waals surface area contributed by atoms with Gasteiger partial charge < -0.3 is 21.7 Å². The maximum atomic E-state index is 13.4. The third-order valence-corrected chi connectivity index (χ3v) is 5.40. The summed E-state index contributed by atoms with van der Waals surface area (Å²) in [5, 5.41) is 13.4. The molecule has 1 heterocycles. The molecule has 159 valence electrons. The van der Waals surface area contributed by atoms with Crippen LogP contribution in [-0.4, -0.2) is 53.9 Å². The molecule has 1 aliphatic rings. The van der Waals surface area contributed by atoms with Crippen LogP contribution >= 0.6 is 0 Å². The van der Waals surface area contributed by atoms with Gasteiger partial charge >= 0.3 is 0 Å². The highest BCUT2D eigenvalue weighted by Gasteiger charge is 2.42. The number of amides is 1. The zero-order valence-corrected chi connectivity index (χ0v) is 17.1. The molecule has 7 N–H and O–H groups in total. The van der Waals surface area contributed by atoms with Crippen molar-refractivity contribution in [3.8, 4) is 0 Å². The molecule has 0 aromatic heterocycles. The van der Waals surface area contributed by atoms with Gasteiger partial charge in [-0.25, -0.2) is 0 Å². The lowest BCUT2D eigenvalue weighted by atomic mass is 9.93. The van der Waals surface area contributed by atoms with E-state index in [0.717, 1.165) is 31.4 Å². The van der Waals surface area contributed by atoms with Crippen molar-refractivity contribution in [1.82, 2.24) is 15.5 Å². The topological polar surface area (TPSA) is 137 Å². The number of carbonyl (C=O) groups excluding carboxylic acids is 2. The molecule has 0 aliphatic carbocycles. The second-order valence-corrected chi connectivity index (χ2v) is 7.78. The van der Waals surface area contributed by atoms with Gasteiger partial charge in [0.25, 0.3) is 0 Å². The molecule has 3 atom stereocenters. The van der Waals surface area contributed by atoms with Crippen molar-refractivity contribution in [2.75, 3.05) is 13.1 Å². The number of nitrogens with zero attached hydrogens (tertiary/aromatic N) is 1. The van der Waals surface area contributed by atoms with E-state index < -0.39 is 17.7 Å². The molecule has 2 rings (SSSR count). The predicted molar refractivity (Wildman–Crippen MR) is 114 cm³/mol. The van der Waals surface area contributed by atoms with Crippen LogP contribution < -0.4 is 22.1 Å². The second kappa shape index (κ2) is 10.9. The maximum absolute atomic E-state index is 13.4. The van der Waals surface area contributed by atoms with Gasteiger partial charge in [0.2, 0.25) is 12.2 Å². The van der Waals surface area contributed by atoms with Gasteiger partial charge in [0, 0.05) is 6.54 Å². The number of piperidine rings is 1. The molecular formula is C21H33N6O2. The molecule has 0 saturated carbocycles. The number of guanidine groups is 1. The van der Waals surface area contributed by atoms with Crippen LogP contribution in [0.5, 0.6) is 0 Å². The number of hydrogen-bond acceptors (Lipinski definition) is 5. The minimum Gasteiger partial charge on any atom is -0.370 e. The molecule has 8 nitrogen and oxygen atoms in total. The lowest BCUT2D eigenvalue weighted by Gasteiger charge is -2.47. The van der Waals surface area contributed by atoms with Crippen molar-refractivity contribution in [3.05, 3.63) is 35.9 Å². The number of nitrogens with two attached hydrogens (primary N) is 2. The van der Waals surface area contributed by atoms with Gasteiger partial charge in [-0.3, -0.25) is 20.3 Å². The SMILES string of the molecule is CC1(N(C(=O)[C@@H](N)Cc2ccccc2)[C@H]([C]=O)CCCNC(=N)N)CCCCN1. The summed E-state index contributed by atoms with van der Waals surface area (Å²) in [5.74, 6) is -0.367. The lowest BCUT2D eigenvalue weighted by molar-refractivity contribution is -0.143. The monoisotopic (exact) mass is 401 g/mol. The summed E-state index contributed by atoms with van der Waals surface area (Å²) >= 11 is 0. The molecule has 1 unspecified atom stereocenters. The van der Waals surface area contributed by atoms with Gasteiger partial charge in [0.15, 0.2) is 5.96 Å². The maximum Gasteiger partial charge on any atom is 0.241 e. The van der Waals surface area contributed by atoms with Gasteiger partial charge in [-0.2, -0.15) is 0 Å². The second-order valence-electron chi connectivity index (χ2n) is 7.78. The summed E-state index contributed by atoms with van der Waals surface area (Å²) in [6.07, 6.45) is 6.22. The Morgan fingerprint density at radius 2 is 2.10 bits per heavy atom. The number of hydrogen-bond donors (Lipinski definition) is 5. The fraction of sp³-hybridized carbons (Fsp3) is 0.571. The highest BCUT2D eigenvalue weighted by atomic mass is 16.2. The molecule has 8 heteroatoms. The van der Waals surface area contributed by atoms with Crippen molar-refractivity contribution < 1.29 is 9.59 Å². The lowest BCUT2D eigenvalue weighted by Crippen LogP contribution is -2.66. The van der Waals surface area contributed by atoms with E-state index in [1.165, 1.54) is 0 Å². The van der Waals surface area contributed by atoms with Crippen molar-refractivity contribution in [2.24, 2.45) is 11.5 Å². The first-order valence-electron chi connectivity index (χ1n) is 10.2. The number of benzene rings is 1. The van der Waals surface area contributed by atoms with Crippen molar-refractivity contribution >= 4 is 18.2 Å². The fourth-order valence-electron chi connectivity index (χ4n) is 3.88. The quantitative estimate of drug-likeness (QED) is 0.221. The minimum absolute atomic E-state index is 0.115. The normalized spacial score (nSPS) is 21.0. The summed E-state index contributed by atoms with van der Waals surface area (Å²) in [7, 11) is 0. The van der Waals surface area contributed by atoms with Crippen LogP contribution in [0.1, 0.15) is 44.6 Å². The summed E-state index contributed by atoms with van der Waals surface area (Å²) in [6.45, 7) is 3.19. The number of carbonyl (C=O) groups is 1. The van der Waals surface area contributed by atoms with Crippen molar-refractivity contribution in [3.63, 3.8) is 0 Å². The highest BCUT2D eigenvalue weighted by molar-refractivity contribution is 5.85. The Balaban J connectivity index is 2.17. The van der Waals surface area contributed by atoms with E-state index >= 15 is 0 Å². The Kier molecular flexibility index (Phi) is 8.60. The van der Waals surface area contributed by atoms with Gasteiger partial charge in [-0.15, -0.1) is 0 Å². The van der Waals surface area contributed by atoms with Crippen molar-refractivity contribution in [2.45, 2.75) is 63.2 Å². The van der Waals surface area contributed by atoms with E-state index in [2.05, 4.69) is 16.9 Å². The van der Waals surface area contributed by atoms with E-state index in [9.17, 15) is 9.59 Å². The van der Waals surface area contributed by atoms with Crippen LogP contribution in [0, 0.1) is 5.41 Å². The Bertz CT molecular complexity index is 675. The van der Waals surface area contributed by atoms with Crippen LogP contribution in [0.15, 0.2) is 30.3 Å². The van der Waals surface area contributed by atoms with E-state index in [1.54, 1.807) is 4.90 Å². The smallest absolute Gasteiger partial charge is 0.241 e. The molecule has 1 saturated heterocycles. The van der Waals surface area contributed by atoms with E-state index in [0.29, 0.717) is 25.8 Å². The third kappa shape index (κ3) is 6.54. The molecule has 1 aromatic rings. The molecule has 29 heavy (non-hydrogen) atoms.